The zero-order valence-corrected chi connectivity index (χ0v) is 11.3. The van der Waals surface area contributed by atoms with Gasteiger partial charge in [0.25, 0.3) is 5.91 Å². The van der Waals surface area contributed by atoms with Gasteiger partial charge in [-0.1, -0.05) is 6.07 Å². The smallest absolute Gasteiger partial charge is 0.411 e. The normalized spacial score (nSPS) is 13.4. The van der Waals surface area contributed by atoms with Crippen LogP contribution in [0.3, 0.4) is 0 Å². The summed E-state index contributed by atoms with van der Waals surface area (Å²) < 4.78 is 10.2. The summed E-state index contributed by atoms with van der Waals surface area (Å²) >= 11 is 0. The fraction of sp³-hybridized carbons (Fsp3) is 0.429. The fourth-order valence-corrected chi connectivity index (χ4v) is 1.59. The van der Waals surface area contributed by atoms with Crippen LogP contribution in [0.2, 0.25) is 0 Å². The number of ether oxygens (including phenoxy) is 2. The first kappa shape index (κ1) is 14.2. The highest BCUT2D eigenvalue weighted by molar-refractivity contribution is 5.84. The van der Waals surface area contributed by atoms with Gasteiger partial charge in [0.2, 0.25) is 0 Å². The van der Waals surface area contributed by atoms with E-state index in [0.29, 0.717) is 24.1 Å². The Morgan fingerprint density at radius 2 is 2.15 bits per heavy atom. The van der Waals surface area contributed by atoms with Crippen molar-refractivity contribution >= 4 is 17.7 Å². The van der Waals surface area contributed by atoms with Gasteiger partial charge in [-0.25, -0.2) is 4.79 Å². The van der Waals surface area contributed by atoms with Gasteiger partial charge in [-0.05, 0) is 31.9 Å². The highest BCUT2D eigenvalue weighted by Gasteiger charge is 2.23. The summed E-state index contributed by atoms with van der Waals surface area (Å²) in [6, 6.07) is 7.13. The Bertz CT molecular complexity index is 486. The molecule has 20 heavy (non-hydrogen) atoms. The molecule has 0 aliphatic heterocycles. The van der Waals surface area contributed by atoms with Crippen LogP contribution in [0.5, 0.6) is 5.75 Å². The molecular formula is C14H18N2O4. The quantitative estimate of drug-likeness (QED) is 0.833. The predicted molar refractivity (Wildman–Crippen MR) is 73.7 cm³/mol. The Hall–Kier alpha value is -2.24. The number of carbonyl (C=O) groups excluding carboxylic acids is 2. The van der Waals surface area contributed by atoms with Gasteiger partial charge in [-0.3, -0.25) is 10.1 Å². The van der Waals surface area contributed by atoms with E-state index in [1.165, 1.54) is 0 Å². The van der Waals surface area contributed by atoms with Gasteiger partial charge in [0.05, 0.1) is 6.61 Å². The van der Waals surface area contributed by atoms with Crippen molar-refractivity contribution < 1.29 is 19.1 Å². The molecule has 1 saturated carbocycles. The molecule has 108 valence electrons. The molecule has 0 spiro atoms. The first-order valence-corrected chi connectivity index (χ1v) is 6.63. The number of rotatable bonds is 6. The summed E-state index contributed by atoms with van der Waals surface area (Å²) in [7, 11) is 0. The summed E-state index contributed by atoms with van der Waals surface area (Å²) in [5, 5.41) is 5.41. The van der Waals surface area contributed by atoms with Gasteiger partial charge in [-0.15, -0.1) is 0 Å². The van der Waals surface area contributed by atoms with Crippen LogP contribution in [0, 0.1) is 0 Å². The molecule has 0 bridgehead atoms. The van der Waals surface area contributed by atoms with Crippen LogP contribution in [0.4, 0.5) is 10.5 Å². The van der Waals surface area contributed by atoms with Gasteiger partial charge < -0.3 is 14.8 Å². The first-order valence-electron chi connectivity index (χ1n) is 6.63. The van der Waals surface area contributed by atoms with Crippen LogP contribution in [-0.4, -0.2) is 31.3 Å². The van der Waals surface area contributed by atoms with Crippen molar-refractivity contribution in [3.05, 3.63) is 24.3 Å². The van der Waals surface area contributed by atoms with Crippen LogP contribution in [0.25, 0.3) is 0 Å². The molecule has 0 radical (unpaired) electrons. The highest BCUT2D eigenvalue weighted by Crippen LogP contribution is 2.19. The number of anilines is 1. The average molecular weight is 278 g/mol. The second kappa shape index (κ2) is 6.79. The third-order valence-corrected chi connectivity index (χ3v) is 2.67. The van der Waals surface area contributed by atoms with Crippen molar-refractivity contribution in [1.29, 1.82) is 0 Å². The third kappa shape index (κ3) is 4.79. The highest BCUT2D eigenvalue weighted by atomic mass is 16.5. The molecule has 1 fully saturated rings. The van der Waals surface area contributed by atoms with E-state index < -0.39 is 6.09 Å². The molecule has 0 atom stereocenters. The molecule has 0 aromatic heterocycles. The maximum absolute atomic E-state index is 11.5. The minimum atomic E-state index is -0.517. The largest absolute Gasteiger partial charge is 0.484 e. The van der Waals surface area contributed by atoms with Crippen molar-refractivity contribution in [2.75, 3.05) is 18.5 Å². The minimum Gasteiger partial charge on any atom is -0.484 e. The molecule has 0 unspecified atom stereocenters. The van der Waals surface area contributed by atoms with E-state index in [-0.39, 0.29) is 12.5 Å². The lowest BCUT2D eigenvalue weighted by molar-refractivity contribution is -0.123. The fourth-order valence-electron chi connectivity index (χ4n) is 1.59. The SMILES string of the molecule is CCOC(=O)Nc1cccc(OCC(=O)NC2CC2)c1. The van der Waals surface area contributed by atoms with E-state index in [9.17, 15) is 9.59 Å². The molecule has 0 saturated heterocycles. The molecule has 1 aromatic rings. The molecule has 2 N–H and O–H groups in total. The number of hydrogen-bond acceptors (Lipinski definition) is 4. The van der Waals surface area contributed by atoms with Crippen molar-refractivity contribution in [3.63, 3.8) is 0 Å². The van der Waals surface area contributed by atoms with Crippen LogP contribution in [-0.2, 0) is 9.53 Å². The van der Waals surface area contributed by atoms with Gasteiger partial charge in [-0.2, -0.15) is 0 Å². The summed E-state index contributed by atoms with van der Waals surface area (Å²) in [5.74, 6) is 0.390. The zero-order valence-electron chi connectivity index (χ0n) is 11.3. The van der Waals surface area contributed by atoms with E-state index in [1.807, 2.05) is 0 Å². The third-order valence-electron chi connectivity index (χ3n) is 2.67. The van der Waals surface area contributed by atoms with Gasteiger partial charge in [0.15, 0.2) is 6.61 Å². The molecule has 1 aliphatic carbocycles. The lowest BCUT2D eigenvalue weighted by Gasteiger charge is -2.09. The topological polar surface area (TPSA) is 76.7 Å². The Balaban J connectivity index is 1.81. The van der Waals surface area contributed by atoms with Gasteiger partial charge in [0.1, 0.15) is 5.75 Å². The summed E-state index contributed by atoms with van der Waals surface area (Å²) in [5.41, 5.74) is 0.559. The Morgan fingerprint density at radius 3 is 2.85 bits per heavy atom. The monoisotopic (exact) mass is 278 g/mol. The Kier molecular flexibility index (Phi) is 4.81. The summed E-state index contributed by atoms with van der Waals surface area (Å²) in [4.78, 5) is 22.8. The molecular weight excluding hydrogens is 260 g/mol. The molecule has 2 rings (SSSR count). The van der Waals surface area contributed by atoms with E-state index in [0.717, 1.165) is 12.8 Å². The van der Waals surface area contributed by atoms with E-state index >= 15 is 0 Å². The van der Waals surface area contributed by atoms with Crippen molar-refractivity contribution in [2.45, 2.75) is 25.8 Å². The predicted octanol–water partition coefficient (Wildman–Crippen LogP) is 1.91. The standard InChI is InChI=1S/C14H18N2O4/c1-2-19-14(18)16-11-4-3-5-12(8-11)20-9-13(17)15-10-6-7-10/h3-5,8,10H,2,6-7,9H2,1H3,(H,15,17)(H,16,18). The number of benzene rings is 1. The molecule has 2 amide bonds. The van der Waals surface area contributed by atoms with Crippen molar-refractivity contribution in [2.24, 2.45) is 0 Å². The lowest BCUT2D eigenvalue weighted by atomic mass is 10.3. The zero-order chi connectivity index (χ0) is 14.4. The molecule has 6 nitrogen and oxygen atoms in total. The molecule has 0 heterocycles. The van der Waals surface area contributed by atoms with Crippen LogP contribution in [0.1, 0.15) is 19.8 Å². The van der Waals surface area contributed by atoms with Crippen molar-refractivity contribution in [1.82, 2.24) is 5.32 Å². The van der Waals surface area contributed by atoms with E-state index in [4.69, 9.17) is 9.47 Å². The first-order chi connectivity index (χ1) is 9.67. The van der Waals surface area contributed by atoms with E-state index in [2.05, 4.69) is 10.6 Å². The second-order valence-corrected chi connectivity index (χ2v) is 4.50. The molecule has 1 aromatic carbocycles. The number of nitrogens with one attached hydrogen (secondary N) is 2. The van der Waals surface area contributed by atoms with Crippen LogP contribution in [0.15, 0.2) is 24.3 Å². The molecule has 6 heteroatoms. The second-order valence-electron chi connectivity index (χ2n) is 4.50. The Labute approximate surface area is 117 Å². The number of carbonyl (C=O) groups is 2. The van der Waals surface area contributed by atoms with Crippen LogP contribution >= 0.6 is 0 Å². The number of amides is 2. The molecule has 1 aliphatic rings. The maximum atomic E-state index is 11.5. The number of hydrogen-bond donors (Lipinski definition) is 2. The minimum absolute atomic E-state index is 0.0284. The van der Waals surface area contributed by atoms with Gasteiger partial charge in [0, 0.05) is 17.8 Å². The summed E-state index contributed by atoms with van der Waals surface area (Å²) in [6.45, 7) is 2.01. The maximum Gasteiger partial charge on any atom is 0.411 e. The van der Waals surface area contributed by atoms with Crippen molar-refractivity contribution in [3.8, 4) is 5.75 Å². The Morgan fingerprint density at radius 1 is 1.35 bits per heavy atom. The lowest BCUT2D eigenvalue weighted by Crippen LogP contribution is -2.30. The van der Waals surface area contributed by atoms with Gasteiger partial charge >= 0.3 is 6.09 Å². The van der Waals surface area contributed by atoms with Crippen LogP contribution < -0.4 is 15.4 Å². The van der Waals surface area contributed by atoms with E-state index in [1.54, 1.807) is 31.2 Å². The summed E-state index contributed by atoms with van der Waals surface area (Å²) in [6.07, 6.45) is 1.58. The average Bonchev–Trinajstić information content (AvgIpc) is 3.21.